The summed E-state index contributed by atoms with van der Waals surface area (Å²) < 4.78 is 1.71. The molecule has 5 nitrogen and oxygen atoms in total. The first kappa shape index (κ1) is 10.6. The third-order valence-corrected chi connectivity index (χ3v) is 2.19. The van der Waals surface area contributed by atoms with Crippen LogP contribution < -0.4 is 5.32 Å². The van der Waals surface area contributed by atoms with Crippen LogP contribution in [0.25, 0.3) is 0 Å². The molecule has 0 aliphatic carbocycles. The SMILES string of the molecule is Cc1cccc(NCCc2ncn(C)n2)n1. The van der Waals surface area contributed by atoms with Crippen LogP contribution in [0.15, 0.2) is 24.5 Å². The highest BCUT2D eigenvalue weighted by Crippen LogP contribution is 2.03. The van der Waals surface area contributed by atoms with Crippen LogP contribution in [-0.2, 0) is 13.5 Å². The summed E-state index contributed by atoms with van der Waals surface area (Å²) in [6.07, 6.45) is 2.51. The number of anilines is 1. The van der Waals surface area contributed by atoms with Crippen molar-refractivity contribution < 1.29 is 0 Å². The van der Waals surface area contributed by atoms with Gasteiger partial charge in [0.25, 0.3) is 0 Å². The zero-order valence-corrected chi connectivity index (χ0v) is 9.51. The predicted molar refractivity (Wildman–Crippen MR) is 62.2 cm³/mol. The molecule has 2 rings (SSSR count). The summed E-state index contributed by atoms with van der Waals surface area (Å²) in [7, 11) is 1.87. The van der Waals surface area contributed by atoms with Crippen molar-refractivity contribution in [1.82, 2.24) is 19.7 Å². The Morgan fingerprint density at radius 1 is 1.38 bits per heavy atom. The van der Waals surface area contributed by atoms with E-state index in [1.165, 1.54) is 0 Å². The molecule has 16 heavy (non-hydrogen) atoms. The maximum Gasteiger partial charge on any atom is 0.152 e. The van der Waals surface area contributed by atoms with Gasteiger partial charge in [-0.2, -0.15) is 5.10 Å². The Hall–Kier alpha value is -1.91. The van der Waals surface area contributed by atoms with Crippen molar-refractivity contribution in [3.05, 3.63) is 36.0 Å². The fourth-order valence-electron chi connectivity index (χ4n) is 1.44. The number of aromatic nitrogens is 4. The molecule has 0 atom stereocenters. The summed E-state index contributed by atoms with van der Waals surface area (Å²) in [6.45, 7) is 2.77. The van der Waals surface area contributed by atoms with E-state index in [0.717, 1.165) is 30.3 Å². The lowest BCUT2D eigenvalue weighted by atomic mass is 10.3. The molecule has 5 heteroatoms. The summed E-state index contributed by atoms with van der Waals surface area (Å²) in [4.78, 5) is 8.51. The van der Waals surface area contributed by atoms with E-state index in [0.29, 0.717) is 0 Å². The van der Waals surface area contributed by atoms with E-state index in [4.69, 9.17) is 0 Å². The lowest BCUT2D eigenvalue weighted by Crippen LogP contribution is -2.07. The van der Waals surface area contributed by atoms with E-state index in [1.807, 2.05) is 32.2 Å². The van der Waals surface area contributed by atoms with Crippen molar-refractivity contribution in [2.24, 2.45) is 7.05 Å². The summed E-state index contributed by atoms with van der Waals surface area (Å²) in [6, 6.07) is 5.92. The van der Waals surface area contributed by atoms with Crippen LogP contribution in [-0.4, -0.2) is 26.3 Å². The van der Waals surface area contributed by atoms with Crippen molar-refractivity contribution in [3.8, 4) is 0 Å². The topological polar surface area (TPSA) is 55.6 Å². The van der Waals surface area contributed by atoms with Gasteiger partial charge in [-0.15, -0.1) is 0 Å². The number of rotatable bonds is 4. The van der Waals surface area contributed by atoms with E-state index in [2.05, 4.69) is 20.4 Å². The van der Waals surface area contributed by atoms with E-state index in [1.54, 1.807) is 11.0 Å². The maximum atomic E-state index is 4.35. The van der Waals surface area contributed by atoms with Gasteiger partial charge in [-0.25, -0.2) is 9.97 Å². The highest BCUT2D eigenvalue weighted by atomic mass is 15.3. The van der Waals surface area contributed by atoms with Crippen LogP contribution in [0.4, 0.5) is 5.82 Å². The Kier molecular flexibility index (Phi) is 3.14. The van der Waals surface area contributed by atoms with Gasteiger partial charge < -0.3 is 5.32 Å². The molecular weight excluding hydrogens is 202 g/mol. The van der Waals surface area contributed by atoms with Crippen LogP contribution in [0, 0.1) is 6.92 Å². The van der Waals surface area contributed by atoms with Gasteiger partial charge in [0.15, 0.2) is 5.82 Å². The minimum atomic E-state index is 0.792. The molecule has 1 N–H and O–H groups in total. The Balaban J connectivity index is 1.84. The average Bonchev–Trinajstić information content (AvgIpc) is 2.64. The third kappa shape index (κ3) is 2.79. The molecular formula is C11H15N5. The Morgan fingerprint density at radius 3 is 2.94 bits per heavy atom. The molecule has 0 saturated carbocycles. The molecule has 0 amide bonds. The van der Waals surface area contributed by atoms with Gasteiger partial charge >= 0.3 is 0 Å². The first-order chi connectivity index (χ1) is 7.74. The molecule has 0 aromatic carbocycles. The maximum absolute atomic E-state index is 4.35. The molecule has 0 radical (unpaired) electrons. The van der Waals surface area contributed by atoms with Crippen molar-refractivity contribution in [2.75, 3.05) is 11.9 Å². The lowest BCUT2D eigenvalue weighted by Gasteiger charge is -2.04. The number of nitrogens with zero attached hydrogens (tertiary/aromatic N) is 4. The van der Waals surface area contributed by atoms with Gasteiger partial charge in [0.2, 0.25) is 0 Å². The predicted octanol–water partition coefficient (Wildman–Crippen LogP) is 1.17. The fourth-order valence-corrected chi connectivity index (χ4v) is 1.44. The minimum absolute atomic E-state index is 0.792. The van der Waals surface area contributed by atoms with Crippen LogP contribution in [0.1, 0.15) is 11.5 Å². The molecule has 0 fully saturated rings. The molecule has 0 spiro atoms. The van der Waals surface area contributed by atoms with E-state index in [-0.39, 0.29) is 0 Å². The summed E-state index contributed by atoms with van der Waals surface area (Å²) in [5, 5.41) is 7.45. The van der Waals surface area contributed by atoms with Crippen molar-refractivity contribution >= 4 is 5.82 Å². The molecule has 0 saturated heterocycles. The Labute approximate surface area is 94.5 Å². The average molecular weight is 217 g/mol. The van der Waals surface area contributed by atoms with Gasteiger partial charge in [0, 0.05) is 25.7 Å². The van der Waals surface area contributed by atoms with Crippen molar-refractivity contribution in [1.29, 1.82) is 0 Å². The van der Waals surface area contributed by atoms with Crippen molar-refractivity contribution in [2.45, 2.75) is 13.3 Å². The zero-order valence-electron chi connectivity index (χ0n) is 9.51. The first-order valence-electron chi connectivity index (χ1n) is 5.26. The fraction of sp³-hybridized carbons (Fsp3) is 0.364. The zero-order chi connectivity index (χ0) is 11.4. The Bertz CT molecular complexity index is 463. The second kappa shape index (κ2) is 4.74. The van der Waals surface area contributed by atoms with E-state index < -0.39 is 0 Å². The van der Waals surface area contributed by atoms with Crippen LogP contribution >= 0.6 is 0 Å². The molecule has 0 aliphatic rings. The monoisotopic (exact) mass is 217 g/mol. The number of hydrogen-bond donors (Lipinski definition) is 1. The van der Waals surface area contributed by atoms with Gasteiger partial charge in [-0.05, 0) is 19.1 Å². The molecule has 2 aromatic heterocycles. The minimum Gasteiger partial charge on any atom is -0.370 e. The van der Waals surface area contributed by atoms with Crippen LogP contribution in [0.3, 0.4) is 0 Å². The smallest absolute Gasteiger partial charge is 0.152 e. The molecule has 0 bridgehead atoms. The lowest BCUT2D eigenvalue weighted by molar-refractivity contribution is 0.741. The summed E-state index contributed by atoms with van der Waals surface area (Å²) >= 11 is 0. The molecule has 84 valence electrons. The van der Waals surface area contributed by atoms with Gasteiger partial charge in [-0.1, -0.05) is 6.07 Å². The summed E-state index contributed by atoms with van der Waals surface area (Å²) in [5.74, 6) is 1.75. The third-order valence-electron chi connectivity index (χ3n) is 2.19. The number of nitrogens with one attached hydrogen (secondary N) is 1. The van der Waals surface area contributed by atoms with Crippen LogP contribution in [0.5, 0.6) is 0 Å². The second-order valence-corrected chi connectivity index (χ2v) is 3.68. The summed E-state index contributed by atoms with van der Waals surface area (Å²) in [5.41, 5.74) is 1.01. The number of pyridine rings is 1. The Morgan fingerprint density at radius 2 is 2.25 bits per heavy atom. The van der Waals surface area contributed by atoms with E-state index >= 15 is 0 Å². The molecule has 2 aromatic rings. The number of aryl methyl sites for hydroxylation is 2. The highest BCUT2D eigenvalue weighted by molar-refractivity contribution is 5.34. The quantitative estimate of drug-likeness (QED) is 0.835. The highest BCUT2D eigenvalue weighted by Gasteiger charge is 1.98. The normalized spacial score (nSPS) is 10.4. The molecule has 0 unspecified atom stereocenters. The van der Waals surface area contributed by atoms with E-state index in [9.17, 15) is 0 Å². The largest absolute Gasteiger partial charge is 0.370 e. The van der Waals surface area contributed by atoms with Crippen molar-refractivity contribution in [3.63, 3.8) is 0 Å². The molecule has 2 heterocycles. The standard InChI is InChI=1S/C11H15N5/c1-9-4-3-5-10(14-9)12-7-6-11-13-8-16(2)15-11/h3-5,8H,6-7H2,1-2H3,(H,12,14). The van der Waals surface area contributed by atoms with Gasteiger partial charge in [0.1, 0.15) is 12.1 Å². The van der Waals surface area contributed by atoms with Crippen LogP contribution in [0.2, 0.25) is 0 Å². The van der Waals surface area contributed by atoms with Gasteiger partial charge in [0.05, 0.1) is 0 Å². The molecule has 0 aliphatic heterocycles. The van der Waals surface area contributed by atoms with Gasteiger partial charge in [-0.3, -0.25) is 4.68 Å². The first-order valence-corrected chi connectivity index (χ1v) is 5.26. The second-order valence-electron chi connectivity index (χ2n) is 3.68. The number of hydrogen-bond acceptors (Lipinski definition) is 4.